The SMILES string of the molecule is COCCOc1cc(N)cc2c1CCN(C)C2. The third-order valence-corrected chi connectivity index (χ3v) is 3.05. The molecule has 0 radical (unpaired) electrons. The van der Waals surface area contributed by atoms with Crippen LogP contribution in [0.25, 0.3) is 0 Å². The van der Waals surface area contributed by atoms with Gasteiger partial charge in [0.25, 0.3) is 0 Å². The van der Waals surface area contributed by atoms with Crippen LogP contribution >= 0.6 is 0 Å². The van der Waals surface area contributed by atoms with Crippen LogP contribution in [-0.4, -0.2) is 38.8 Å². The van der Waals surface area contributed by atoms with Gasteiger partial charge in [-0.15, -0.1) is 0 Å². The third kappa shape index (κ3) is 2.90. The second kappa shape index (κ2) is 5.38. The lowest BCUT2D eigenvalue weighted by Crippen LogP contribution is -2.27. The summed E-state index contributed by atoms with van der Waals surface area (Å²) in [5.74, 6) is 0.921. The van der Waals surface area contributed by atoms with E-state index in [4.69, 9.17) is 15.2 Å². The van der Waals surface area contributed by atoms with Crippen LogP contribution in [0.1, 0.15) is 11.1 Å². The lowest BCUT2D eigenvalue weighted by molar-refractivity contribution is 0.145. The molecule has 17 heavy (non-hydrogen) atoms. The Bertz CT molecular complexity index is 393. The molecule has 0 spiro atoms. The van der Waals surface area contributed by atoms with Crippen molar-refractivity contribution in [1.29, 1.82) is 0 Å². The Kier molecular flexibility index (Phi) is 3.86. The predicted molar refractivity (Wildman–Crippen MR) is 68.3 cm³/mol. The van der Waals surface area contributed by atoms with Crippen molar-refractivity contribution in [2.45, 2.75) is 13.0 Å². The Morgan fingerprint density at radius 3 is 2.94 bits per heavy atom. The van der Waals surface area contributed by atoms with E-state index in [0.717, 1.165) is 30.9 Å². The van der Waals surface area contributed by atoms with Gasteiger partial charge in [0.05, 0.1) is 6.61 Å². The molecule has 0 aromatic heterocycles. The van der Waals surface area contributed by atoms with E-state index in [1.165, 1.54) is 11.1 Å². The molecule has 0 amide bonds. The molecule has 0 saturated carbocycles. The minimum absolute atomic E-state index is 0.572. The molecular weight excluding hydrogens is 216 g/mol. The molecule has 0 aliphatic carbocycles. The number of nitrogen functional groups attached to an aromatic ring is 1. The smallest absolute Gasteiger partial charge is 0.125 e. The molecule has 1 heterocycles. The van der Waals surface area contributed by atoms with E-state index in [1.807, 2.05) is 12.1 Å². The highest BCUT2D eigenvalue weighted by Gasteiger charge is 2.17. The van der Waals surface area contributed by atoms with Crippen molar-refractivity contribution < 1.29 is 9.47 Å². The predicted octanol–water partition coefficient (Wildman–Crippen LogP) is 1.28. The van der Waals surface area contributed by atoms with E-state index >= 15 is 0 Å². The third-order valence-electron chi connectivity index (χ3n) is 3.05. The number of benzene rings is 1. The van der Waals surface area contributed by atoms with Crippen LogP contribution in [0.15, 0.2) is 12.1 Å². The molecule has 1 aromatic rings. The van der Waals surface area contributed by atoms with Gasteiger partial charge in [0.1, 0.15) is 12.4 Å². The number of methoxy groups -OCH3 is 1. The molecule has 2 rings (SSSR count). The molecule has 4 heteroatoms. The first kappa shape index (κ1) is 12.2. The van der Waals surface area contributed by atoms with Gasteiger partial charge in [-0.25, -0.2) is 0 Å². The molecular formula is C13H20N2O2. The highest BCUT2D eigenvalue weighted by molar-refractivity contribution is 5.54. The first-order valence-corrected chi connectivity index (χ1v) is 5.92. The van der Waals surface area contributed by atoms with Crippen LogP contribution in [0.5, 0.6) is 5.75 Å². The molecule has 0 bridgehead atoms. The summed E-state index contributed by atoms with van der Waals surface area (Å²) < 4.78 is 10.7. The maximum absolute atomic E-state index is 5.90. The second-order valence-corrected chi connectivity index (χ2v) is 4.49. The molecule has 4 nitrogen and oxygen atoms in total. The zero-order valence-corrected chi connectivity index (χ0v) is 10.5. The van der Waals surface area contributed by atoms with E-state index in [9.17, 15) is 0 Å². The maximum Gasteiger partial charge on any atom is 0.125 e. The Labute approximate surface area is 102 Å². The molecule has 0 atom stereocenters. The molecule has 1 aliphatic heterocycles. The Balaban J connectivity index is 2.20. The number of fused-ring (bicyclic) bond motifs is 1. The molecule has 1 aromatic carbocycles. The fourth-order valence-electron chi connectivity index (χ4n) is 2.19. The van der Waals surface area contributed by atoms with E-state index in [-0.39, 0.29) is 0 Å². The average Bonchev–Trinajstić information content (AvgIpc) is 2.28. The topological polar surface area (TPSA) is 47.7 Å². The van der Waals surface area contributed by atoms with Crippen molar-refractivity contribution in [2.75, 3.05) is 39.6 Å². The quantitative estimate of drug-likeness (QED) is 0.632. The normalized spacial score (nSPS) is 15.6. The van der Waals surface area contributed by atoms with Gasteiger partial charge in [0.15, 0.2) is 0 Å². The number of rotatable bonds is 4. The van der Waals surface area contributed by atoms with Crippen molar-refractivity contribution in [3.63, 3.8) is 0 Å². The molecule has 1 aliphatic rings. The van der Waals surface area contributed by atoms with Crippen molar-refractivity contribution >= 4 is 5.69 Å². The molecule has 0 saturated heterocycles. The van der Waals surface area contributed by atoms with Crippen molar-refractivity contribution in [3.05, 3.63) is 23.3 Å². The number of likely N-dealkylation sites (N-methyl/N-ethyl adjacent to an activating group) is 1. The summed E-state index contributed by atoms with van der Waals surface area (Å²) in [7, 11) is 3.80. The first-order chi connectivity index (χ1) is 8.20. The standard InChI is InChI=1S/C13H20N2O2/c1-15-4-3-12-10(9-15)7-11(14)8-13(12)17-6-5-16-2/h7-8H,3-6,9,14H2,1-2H3. The zero-order valence-electron chi connectivity index (χ0n) is 10.5. The summed E-state index contributed by atoms with van der Waals surface area (Å²) in [5.41, 5.74) is 9.26. The van der Waals surface area contributed by atoms with Gasteiger partial charge in [-0.3, -0.25) is 0 Å². The summed E-state index contributed by atoms with van der Waals surface area (Å²) in [6, 6.07) is 3.97. The van der Waals surface area contributed by atoms with Gasteiger partial charge in [-0.05, 0) is 25.1 Å². The Morgan fingerprint density at radius 2 is 2.18 bits per heavy atom. The summed E-state index contributed by atoms with van der Waals surface area (Å²) in [6.45, 7) is 3.18. The molecule has 0 unspecified atom stereocenters. The Morgan fingerprint density at radius 1 is 1.35 bits per heavy atom. The minimum Gasteiger partial charge on any atom is -0.491 e. The van der Waals surface area contributed by atoms with Crippen molar-refractivity contribution in [1.82, 2.24) is 4.90 Å². The summed E-state index contributed by atoms with van der Waals surface area (Å²) in [4.78, 5) is 2.29. The average molecular weight is 236 g/mol. The molecule has 94 valence electrons. The van der Waals surface area contributed by atoms with Gasteiger partial charge in [-0.2, -0.15) is 0 Å². The number of hydrogen-bond acceptors (Lipinski definition) is 4. The number of nitrogens with zero attached hydrogens (tertiary/aromatic N) is 1. The highest BCUT2D eigenvalue weighted by atomic mass is 16.5. The van der Waals surface area contributed by atoms with E-state index < -0.39 is 0 Å². The lowest BCUT2D eigenvalue weighted by Gasteiger charge is -2.27. The summed E-state index contributed by atoms with van der Waals surface area (Å²) in [5, 5.41) is 0. The van der Waals surface area contributed by atoms with Gasteiger partial charge in [0, 0.05) is 37.5 Å². The van der Waals surface area contributed by atoms with E-state index in [1.54, 1.807) is 7.11 Å². The fraction of sp³-hybridized carbons (Fsp3) is 0.538. The monoisotopic (exact) mass is 236 g/mol. The second-order valence-electron chi connectivity index (χ2n) is 4.49. The molecule has 2 N–H and O–H groups in total. The number of anilines is 1. The number of ether oxygens (including phenoxy) is 2. The van der Waals surface area contributed by atoms with Crippen LogP contribution in [0.2, 0.25) is 0 Å². The van der Waals surface area contributed by atoms with E-state index in [0.29, 0.717) is 13.2 Å². The largest absolute Gasteiger partial charge is 0.491 e. The number of nitrogens with two attached hydrogens (primary N) is 1. The van der Waals surface area contributed by atoms with Gasteiger partial charge < -0.3 is 20.1 Å². The maximum atomic E-state index is 5.90. The molecule has 0 fully saturated rings. The van der Waals surface area contributed by atoms with Crippen LogP contribution in [0, 0.1) is 0 Å². The van der Waals surface area contributed by atoms with Crippen LogP contribution in [0.3, 0.4) is 0 Å². The van der Waals surface area contributed by atoms with Crippen LogP contribution in [-0.2, 0) is 17.7 Å². The van der Waals surface area contributed by atoms with Crippen LogP contribution < -0.4 is 10.5 Å². The van der Waals surface area contributed by atoms with Gasteiger partial charge >= 0.3 is 0 Å². The summed E-state index contributed by atoms with van der Waals surface area (Å²) in [6.07, 6.45) is 1.02. The number of hydrogen-bond donors (Lipinski definition) is 1. The fourth-order valence-corrected chi connectivity index (χ4v) is 2.19. The minimum atomic E-state index is 0.572. The summed E-state index contributed by atoms with van der Waals surface area (Å²) >= 11 is 0. The Hall–Kier alpha value is -1.26. The van der Waals surface area contributed by atoms with E-state index in [2.05, 4.69) is 11.9 Å². The zero-order chi connectivity index (χ0) is 12.3. The van der Waals surface area contributed by atoms with Crippen molar-refractivity contribution in [3.8, 4) is 5.75 Å². The van der Waals surface area contributed by atoms with Gasteiger partial charge in [0.2, 0.25) is 0 Å². The van der Waals surface area contributed by atoms with Crippen molar-refractivity contribution in [2.24, 2.45) is 0 Å². The lowest BCUT2D eigenvalue weighted by atomic mass is 9.98. The van der Waals surface area contributed by atoms with Gasteiger partial charge in [-0.1, -0.05) is 0 Å². The highest BCUT2D eigenvalue weighted by Crippen LogP contribution is 2.30. The van der Waals surface area contributed by atoms with Crippen LogP contribution in [0.4, 0.5) is 5.69 Å². The first-order valence-electron chi connectivity index (χ1n) is 5.92.